The fraction of sp³-hybridized carbons (Fsp3) is 0.451. The number of pyridine rings is 1. The van der Waals surface area contributed by atoms with Crippen LogP contribution in [0.3, 0.4) is 0 Å². The summed E-state index contributed by atoms with van der Waals surface area (Å²) >= 11 is 3.64. The average molecular weight is 1020 g/mol. The number of hydrogen-bond acceptors (Lipinski definition) is 14. The lowest BCUT2D eigenvalue weighted by molar-refractivity contribution is -0.135. The van der Waals surface area contributed by atoms with Crippen molar-refractivity contribution in [1.82, 2.24) is 34.6 Å². The number of fused-ring (bicyclic) bond motifs is 2. The third-order valence-corrected chi connectivity index (χ3v) is 15.9. The number of imide groups is 1. The zero-order valence-corrected chi connectivity index (χ0v) is 42.8. The van der Waals surface area contributed by atoms with Crippen LogP contribution in [-0.4, -0.2) is 113 Å². The fourth-order valence-electron chi connectivity index (χ4n) is 10.3. The first kappa shape index (κ1) is 48.4. The number of amides is 2. The minimum atomic E-state index is -2.75. The van der Waals surface area contributed by atoms with Gasteiger partial charge in [-0.15, -0.1) is 0 Å². The summed E-state index contributed by atoms with van der Waals surface area (Å²) in [4.78, 5) is 59.5. The van der Waals surface area contributed by atoms with Gasteiger partial charge < -0.3 is 34.2 Å². The van der Waals surface area contributed by atoms with Crippen LogP contribution in [-0.2, 0) is 33.4 Å². The Kier molecular flexibility index (Phi) is 14.3. The van der Waals surface area contributed by atoms with Crippen molar-refractivity contribution in [3.05, 3.63) is 92.1 Å². The third-order valence-electron chi connectivity index (χ3n) is 13.8. The van der Waals surface area contributed by atoms with E-state index >= 15 is 0 Å². The number of carbonyl (C=O) groups is 2. The Morgan fingerprint density at radius 2 is 1.67 bits per heavy atom. The van der Waals surface area contributed by atoms with Gasteiger partial charge >= 0.3 is 5.76 Å². The van der Waals surface area contributed by atoms with E-state index in [1.807, 2.05) is 44.2 Å². The molecule has 1 atom stereocenters. The largest absolute Gasteiger partial charge is 0.492 e. The van der Waals surface area contributed by atoms with Crippen LogP contribution < -0.4 is 36.6 Å². The molecule has 3 fully saturated rings. The number of oxazole rings is 1. The summed E-state index contributed by atoms with van der Waals surface area (Å²) in [6.45, 7) is 19.0. The number of nitrogens with one attached hydrogen (secondary N) is 3. The van der Waals surface area contributed by atoms with Crippen molar-refractivity contribution >= 4 is 91.0 Å². The van der Waals surface area contributed by atoms with Crippen molar-refractivity contribution in [2.75, 3.05) is 81.3 Å². The average Bonchev–Trinajstić information content (AvgIpc) is 3.66. The first-order valence-corrected chi connectivity index (χ1v) is 27.6. The number of aryl methyl sites for hydroxylation is 3. The molecule has 3 saturated heterocycles. The molecular weight excluding hydrogens is 960 g/mol. The van der Waals surface area contributed by atoms with Gasteiger partial charge in [-0.1, -0.05) is 26.0 Å². The van der Waals surface area contributed by atoms with E-state index in [-0.39, 0.29) is 18.7 Å². The molecule has 9 rings (SSSR count). The molecule has 3 aromatic carbocycles. The van der Waals surface area contributed by atoms with Crippen LogP contribution in [0.15, 0.2) is 68.4 Å². The fourth-order valence-corrected chi connectivity index (χ4v) is 12.1. The summed E-state index contributed by atoms with van der Waals surface area (Å²) in [5.41, 5.74) is 8.78. The number of aromatic nitrogens is 4. The second-order valence-electron chi connectivity index (χ2n) is 18.8. The maximum atomic E-state index is 13.8. The van der Waals surface area contributed by atoms with Gasteiger partial charge in [0.2, 0.25) is 17.8 Å². The molecule has 1 unspecified atom stereocenters. The predicted molar refractivity (Wildman–Crippen MR) is 277 cm³/mol. The molecule has 0 spiro atoms. The van der Waals surface area contributed by atoms with Gasteiger partial charge in [-0.2, -0.15) is 4.98 Å². The first-order valence-electron chi connectivity index (χ1n) is 24.2. The summed E-state index contributed by atoms with van der Waals surface area (Å²) in [6, 6.07) is 15.9. The number of nitrogens with zero attached hydrogens (tertiary/aromatic N) is 7. The molecule has 6 heterocycles. The lowest BCUT2D eigenvalue weighted by atomic mass is 9.99. The van der Waals surface area contributed by atoms with E-state index in [1.165, 1.54) is 15.8 Å². The summed E-state index contributed by atoms with van der Waals surface area (Å²) in [6.07, 6.45) is 6.69. The van der Waals surface area contributed by atoms with Crippen LogP contribution in [0, 0.1) is 6.92 Å². The second-order valence-corrected chi connectivity index (χ2v) is 22.8. The number of ether oxygens (including phenoxy) is 1. The van der Waals surface area contributed by atoms with Crippen LogP contribution >= 0.6 is 23.1 Å². The minimum absolute atomic E-state index is 0.187. The minimum Gasteiger partial charge on any atom is -0.492 e. The third kappa shape index (κ3) is 10.3. The SMILES string of the molecule is CCOc1cc(N2CCC(N3CCN(CCc4cc(C)cc5c4oc(=O)n5C4CCC(=O)NC4=O)CC3)CC2)c(CC)cc1Nc1ncc(Br)c(Nc2ccc3nc(CC)ccc3c2P(C)(C)=O)n1. The molecule has 69 heavy (non-hydrogen) atoms. The Morgan fingerprint density at radius 1 is 0.884 bits per heavy atom. The Morgan fingerprint density at radius 3 is 2.38 bits per heavy atom. The normalized spacial score (nSPS) is 17.7. The number of halogens is 1. The van der Waals surface area contributed by atoms with Gasteiger partial charge in [-0.25, -0.2) is 9.78 Å². The molecule has 3 aliphatic heterocycles. The number of anilines is 5. The molecule has 0 saturated carbocycles. The lowest BCUT2D eigenvalue weighted by Gasteiger charge is -2.43. The summed E-state index contributed by atoms with van der Waals surface area (Å²) < 4.78 is 27.9. The van der Waals surface area contributed by atoms with E-state index in [2.05, 4.69) is 83.6 Å². The molecule has 0 radical (unpaired) electrons. The van der Waals surface area contributed by atoms with Gasteiger partial charge in [0.25, 0.3) is 0 Å². The molecule has 6 aromatic rings. The maximum Gasteiger partial charge on any atom is 0.420 e. The highest BCUT2D eigenvalue weighted by molar-refractivity contribution is 9.10. The van der Waals surface area contributed by atoms with Gasteiger partial charge in [0.1, 0.15) is 24.8 Å². The molecule has 18 heteroatoms. The van der Waals surface area contributed by atoms with Gasteiger partial charge in [0, 0.05) is 92.6 Å². The molecule has 2 amide bonds. The van der Waals surface area contributed by atoms with E-state index in [0.717, 1.165) is 122 Å². The summed E-state index contributed by atoms with van der Waals surface area (Å²) in [7, 11) is -2.75. The molecule has 3 N–H and O–H groups in total. The summed E-state index contributed by atoms with van der Waals surface area (Å²) in [5, 5.41) is 10.9. The zero-order chi connectivity index (χ0) is 48.6. The number of piperidine rings is 2. The van der Waals surface area contributed by atoms with Crippen LogP contribution in [0.5, 0.6) is 5.75 Å². The lowest BCUT2D eigenvalue weighted by Crippen LogP contribution is -2.53. The smallest absolute Gasteiger partial charge is 0.420 e. The van der Waals surface area contributed by atoms with Gasteiger partial charge in [0.05, 0.1) is 33.5 Å². The van der Waals surface area contributed by atoms with Crippen molar-refractivity contribution in [2.24, 2.45) is 0 Å². The van der Waals surface area contributed by atoms with Crippen molar-refractivity contribution < 1.29 is 23.3 Å². The van der Waals surface area contributed by atoms with Gasteiger partial charge in [-0.05, 0) is 129 Å². The molecule has 364 valence electrons. The quantitative estimate of drug-likeness (QED) is 0.0664. The van der Waals surface area contributed by atoms with Gasteiger partial charge in [0.15, 0.2) is 5.58 Å². The van der Waals surface area contributed by atoms with Gasteiger partial charge in [-0.3, -0.25) is 29.4 Å². The van der Waals surface area contributed by atoms with Crippen LogP contribution in [0.25, 0.3) is 22.0 Å². The monoisotopic (exact) mass is 1020 g/mol. The molecule has 0 aliphatic carbocycles. The number of piperazine rings is 1. The van der Waals surface area contributed by atoms with E-state index < -0.39 is 24.8 Å². The van der Waals surface area contributed by atoms with E-state index in [4.69, 9.17) is 19.1 Å². The predicted octanol–water partition coefficient (Wildman–Crippen LogP) is 8.07. The first-order chi connectivity index (χ1) is 33.2. The molecule has 16 nitrogen and oxygen atoms in total. The standard InChI is InChI=1S/C51H62BrN10O6P/c1-7-32-28-40(56-50-53-30-37(52)48(58-50)55-39-13-12-38-36(47(39)69(5,6)66)11-10-34(8-2)54-38)44(67-9-3)29-42(32)61-20-17-35(18-21-61)60-24-22-59(23-25-60)19-16-33-26-31(4)27-43-46(33)68-51(65)62(43)41-14-15-45(63)57-49(41)64/h10-13,26-30,35,41H,7-9,14-25H2,1-6H3,(H,57,63,64)(H2,53,55,56,58). The summed E-state index contributed by atoms with van der Waals surface area (Å²) in [5.74, 6) is 0.315. The van der Waals surface area contributed by atoms with Crippen LogP contribution in [0.1, 0.15) is 74.9 Å². The Balaban J connectivity index is 0.830. The highest BCUT2D eigenvalue weighted by atomic mass is 79.9. The Hall–Kier alpha value is -5.61. The molecule has 3 aliphatic rings. The Bertz CT molecular complexity index is 3030. The Labute approximate surface area is 411 Å². The molecule has 0 bridgehead atoms. The van der Waals surface area contributed by atoms with Crippen molar-refractivity contribution in [3.63, 3.8) is 0 Å². The van der Waals surface area contributed by atoms with Crippen LogP contribution in [0.2, 0.25) is 0 Å². The van der Waals surface area contributed by atoms with E-state index in [0.29, 0.717) is 45.7 Å². The van der Waals surface area contributed by atoms with Crippen molar-refractivity contribution in [3.8, 4) is 5.75 Å². The molecule has 3 aromatic heterocycles. The maximum absolute atomic E-state index is 13.8. The van der Waals surface area contributed by atoms with Crippen molar-refractivity contribution in [2.45, 2.75) is 84.7 Å². The van der Waals surface area contributed by atoms with Crippen LogP contribution in [0.4, 0.5) is 28.8 Å². The van der Waals surface area contributed by atoms with E-state index in [1.54, 1.807) is 19.5 Å². The highest BCUT2D eigenvalue weighted by Crippen LogP contribution is 2.43. The zero-order valence-electron chi connectivity index (χ0n) is 40.4. The number of benzene rings is 3. The number of hydrogen-bond donors (Lipinski definition) is 3. The second kappa shape index (κ2) is 20.4. The number of rotatable bonds is 15. The van der Waals surface area contributed by atoms with Crippen molar-refractivity contribution in [1.29, 1.82) is 0 Å². The van der Waals surface area contributed by atoms with E-state index in [9.17, 15) is 18.9 Å². The number of carbonyl (C=O) groups excluding carboxylic acids is 2. The highest BCUT2D eigenvalue weighted by Gasteiger charge is 2.33. The topological polar surface area (TPSA) is 180 Å². The molecular formula is C51H62BrN10O6P.